The van der Waals surface area contributed by atoms with Crippen LogP contribution in [-0.2, 0) is 9.53 Å². The summed E-state index contributed by atoms with van der Waals surface area (Å²) < 4.78 is 4.97. The van der Waals surface area contributed by atoms with E-state index >= 15 is 0 Å². The van der Waals surface area contributed by atoms with Crippen molar-refractivity contribution in [3.8, 4) is 0 Å². The molecule has 2 fully saturated rings. The lowest BCUT2D eigenvalue weighted by atomic mass is 9.97. The van der Waals surface area contributed by atoms with Crippen LogP contribution in [0.3, 0.4) is 0 Å². The topological polar surface area (TPSA) is 41.6 Å². The molecule has 0 aromatic rings. The van der Waals surface area contributed by atoms with Crippen LogP contribution < -0.4 is 5.32 Å². The van der Waals surface area contributed by atoms with Crippen molar-refractivity contribution in [2.24, 2.45) is 0 Å². The first kappa shape index (κ1) is 13.8. The second-order valence-electron chi connectivity index (χ2n) is 5.69. The number of carbonyl (C=O) groups excluding carboxylic acids is 1. The number of ether oxygens (including phenoxy) is 1. The van der Waals surface area contributed by atoms with Crippen molar-refractivity contribution in [2.45, 2.75) is 63.1 Å². The lowest BCUT2D eigenvalue weighted by Gasteiger charge is -2.31. The third-order valence-electron chi connectivity index (χ3n) is 4.51. The highest BCUT2D eigenvalue weighted by atomic mass is 16.5. The molecule has 0 heterocycles. The zero-order chi connectivity index (χ0) is 13.2. The molecule has 2 saturated carbocycles. The molecular weight excluding hydrogens is 228 g/mol. The SMILES string of the molecule is CCCN(C1CC1)C1CCC(NC)(C(=O)OC)C1. The van der Waals surface area contributed by atoms with Gasteiger partial charge in [-0.1, -0.05) is 6.92 Å². The Morgan fingerprint density at radius 1 is 1.39 bits per heavy atom. The van der Waals surface area contributed by atoms with Gasteiger partial charge in [0.05, 0.1) is 7.11 Å². The number of esters is 1. The summed E-state index contributed by atoms with van der Waals surface area (Å²) in [6, 6.07) is 1.32. The third-order valence-corrected chi connectivity index (χ3v) is 4.51. The van der Waals surface area contributed by atoms with E-state index in [9.17, 15) is 4.79 Å². The summed E-state index contributed by atoms with van der Waals surface area (Å²) in [4.78, 5) is 14.6. The van der Waals surface area contributed by atoms with Crippen molar-refractivity contribution in [1.82, 2.24) is 10.2 Å². The number of likely N-dealkylation sites (N-methyl/N-ethyl adjacent to an activating group) is 1. The number of nitrogens with one attached hydrogen (secondary N) is 1. The zero-order valence-corrected chi connectivity index (χ0v) is 11.9. The maximum atomic E-state index is 12.0. The van der Waals surface area contributed by atoms with Crippen LogP contribution in [0.15, 0.2) is 0 Å². The molecule has 2 rings (SSSR count). The van der Waals surface area contributed by atoms with Crippen LogP contribution in [0.1, 0.15) is 45.4 Å². The summed E-state index contributed by atoms with van der Waals surface area (Å²) in [5.74, 6) is -0.0975. The van der Waals surface area contributed by atoms with Gasteiger partial charge in [0, 0.05) is 12.1 Å². The smallest absolute Gasteiger partial charge is 0.326 e. The molecule has 0 bridgehead atoms. The van der Waals surface area contributed by atoms with Gasteiger partial charge < -0.3 is 10.1 Å². The average molecular weight is 254 g/mol. The second-order valence-corrected chi connectivity index (χ2v) is 5.69. The maximum absolute atomic E-state index is 12.0. The van der Waals surface area contributed by atoms with Gasteiger partial charge in [0.2, 0.25) is 0 Å². The number of hydrogen-bond acceptors (Lipinski definition) is 4. The molecule has 18 heavy (non-hydrogen) atoms. The van der Waals surface area contributed by atoms with Gasteiger partial charge in [-0.05, 0) is 52.1 Å². The van der Waals surface area contributed by atoms with E-state index in [-0.39, 0.29) is 5.97 Å². The summed E-state index contributed by atoms with van der Waals surface area (Å²) in [6.07, 6.45) is 6.76. The Morgan fingerprint density at radius 3 is 2.61 bits per heavy atom. The minimum Gasteiger partial charge on any atom is -0.468 e. The van der Waals surface area contributed by atoms with Crippen molar-refractivity contribution >= 4 is 5.97 Å². The summed E-state index contributed by atoms with van der Waals surface area (Å²) >= 11 is 0. The lowest BCUT2D eigenvalue weighted by molar-refractivity contribution is -0.148. The van der Waals surface area contributed by atoms with Crippen LogP contribution in [0.2, 0.25) is 0 Å². The predicted octanol–water partition coefficient (Wildman–Crippen LogP) is 1.54. The van der Waals surface area contributed by atoms with E-state index in [1.54, 1.807) is 0 Å². The predicted molar refractivity (Wildman–Crippen MR) is 71.5 cm³/mol. The molecule has 4 heteroatoms. The molecule has 1 N–H and O–H groups in total. The first-order valence-electron chi connectivity index (χ1n) is 7.20. The fourth-order valence-corrected chi connectivity index (χ4v) is 3.34. The molecule has 0 aliphatic heterocycles. The molecule has 104 valence electrons. The van der Waals surface area contributed by atoms with E-state index in [1.165, 1.54) is 26.4 Å². The Morgan fingerprint density at radius 2 is 2.11 bits per heavy atom. The molecule has 0 spiro atoms. The van der Waals surface area contributed by atoms with E-state index in [4.69, 9.17) is 4.74 Å². The van der Waals surface area contributed by atoms with Crippen molar-refractivity contribution in [2.75, 3.05) is 20.7 Å². The molecule has 2 aliphatic rings. The van der Waals surface area contributed by atoms with Gasteiger partial charge in [-0.2, -0.15) is 0 Å². The fraction of sp³-hybridized carbons (Fsp3) is 0.929. The molecule has 2 unspecified atom stereocenters. The number of carbonyl (C=O) groups is 1. The standard InChI is InChI=1S/C14H26N2O2/c1-4-9-16(11-5-6-11)12-7-8-14(10-12,15-2)13(17)18-3/h11-12,15H,4-10H2,1-3H3. The normalized spacial score (nSPS) is 31.9. The number of hydrogen-bond donors (Lipinski definition) is 1. The van der Waals surface area contributed by atoms with E-state index in [2.05, 4.69) is 17.1 Å². The first-order valence-corrected chi connectivity index (χ1v) is 7.20. The van der Waals surface area contributed by atoms with Gasteiger partial charge in [-0.15, -0.1) is 0 Å². The van der Waals surface area contributed by atoms with Crippen molar-refractivity contribution < 1.29 is 9.53 Å². The van der Waals surface area contributed by atoms with Gasteiger partial charge >= 0.3 is 5.97 Å². The molecule has 0 saturated heterocycles. The molecule has 2 aliphatic carbocycles. The summed E-state index contributed by atoms with van der Waals surface area (Å²) in [6.45, 7) is 3.40. The van der Waals surface area contributed by atoms with Gasteiger partial charge in [-0.25, -0.2) is 0 Å². The lowest BCUT2D eigenvalue weighted by Crippen LogP contribution is -2.50. The monoisotopic (exact) mass is 254 g/mol. The Labute approximate surface area is 110 Å². The maximum Gasteiger partial charge on any atom is 0.326 e. The van der Waals surface area contributed by atoms with Crippen LogP contribution in [-0.4, -0.2) is 49.2 Å². The molecule has 4 nitrogen and oxygen atoms in total. The minimum absolute atomic E-state index is 0.0975. The molecule has 0 radical (unpaired) electrons. The van der Waals surface area contributed by atoms with Gasteiger partial charge in [0.25, 0.3) is 0 Å². The number of nitrogens with zero attached hydrogens (tertiary/aromatic N) is 1. The highest BCUT2D eigenvalue weighted by molar-refractivity contribution is 5.81. The quantitative estimate of drug-likeness (QED) is 0.730. The summed E-state index contributed by atoms with van der Waals surface area (Å²) in [7, 11) is 3.36. The third kappa shape index (κ3) is 2.54. The van der Waals surface area contributed by atoms with E-state index in [0.717, 1.165) is 31.8 Å². The van der Waals surface area contributed by atoms with Crippen LogP contribution in [0.4, 0.5) is 0 Å². The van der Waals surface area contributed by atoms with Crippen LogP contribution in [0, 0.1) is 0 Å². The van der Waals surface area contributed by atoms with Crippen LogP contribution in [0.25, 0.3) is 0 Å². The molecule has 0 aromatic heterocycles. The minimum atomic E-state index is -0.444. The highest BCUT2D eigenvalue weighted by Gasteiger charge is 2.48. The average Bonchev–Trinajstić information content (AvgIpc) is 3.14. The fourth-order valence-electron chi connectivity index (χ4n) is 3.34. The summed E-state index contributed by atoms with van der Waals surface area (Å²) in [5, 5.41) is 3.21. The Kier molecular flexibility index (Phi) is 4.28. The largest absolute Gasteiger partial charge is 0.468 e. The number of methoxy groups -OCH3 is 1. The van der Waals surface area contributed by atoms with Crippen molar-refractivity contribution in [3.63, 3.8) is 0 Å². The van der Waals surface area contributed by atoms with Crippen LogP contribution in [0.5, 0.6) is 0 Å². The highest BCUT2D eigenvalue weighted by Crippen LogP contribution is 2.39. The van der Waals surface area contributed by atoms with Gasteiger partial charge in [0.1, 0.15) is 5.54 Å². The summed E-state index contributed by atoms with van der Waals surface area (Å²) in [5.41, 5.74) is -0.444. The zero-order valence-electron chi connectivity index (χ0n) is 11.9. The Balaban J connectivity index is 2.02. The Hall–Kier alpha value is -0.610. The van der Waals surface area contributed by atoms with Gasteiger partial charge in [0.15, 0.2) is 0 Å². The first-order chi connectivity index (χ1) is 8.66. The van der Waals surface area contributed by atoms with E-state index in [0.29, 0.717) is 6.04 Å². The van der Waals surface area contributed by atoms with Crippen LogP contribution >= 0.6 is 0 Å². The van der Waals surface area contributed by atoms with Crippen molar-refractivity contribution in [1.29, 1.82) is 0 Å². The van der Waals surface area contributed by atoms with Crippen molar-refractivity contribution in [3.05, 3.63) is 0 Å². The molecular formula is C14H26N2O2. The molecule has 0 aromatic carbocycles. The number of rotatable bonds is 6. The molecule has 0 amide bonds. The van der Waals surface area contributed by atoms with E-state index in [1.807, 2.05) is 7.05 Å². The van der Waals surface area contributed by atoms with Gasteiger partial charge in [-0.3, -0.25) is 9.69 Å². The van der Waals surface area contributed by atoms with E-state index < -0.39 is 5.54 Å². The second kappa shape index (κ2) is 5.57. The Bertz CT molecular complexity index is 304. The molecule has 2 atom stereocenters.